The fourth-order valence-corrected chi connectivity index (χ4v) is 4.22. The summed E-state index contributed by atoms with van der Waals surface area (Å²) < 4.78 is 31.2. The maximum absolute atomic E-state index is 11.9. The van der Waals surface area contributed by atoms with Gasteiger partial charge >= 0.3 is 19.8 Å². The molecule has 0 aromatic carbocycles. The standard InChI is InChI=1S/C24H48NO8P/c1-3-4-5-6-7-8-9-10-11-12-13-14-15-16-17-24(27)30-20-23(33-22(2)26)21-32-34(28,29)31-19-18-25/h23H,3-21,25H2,1-2H3,(H,28,29). The van der Waals surface area contributed by atoms with E-state index in [-0.39, 0.29) is 26.2 Å². The molecule has 10 heteroatoms. The Labute approximate surface area is 206 Å². The average Bonchev–Trinajstić information content (AvgIpc) is 2.79. The van der Waals surface area contributed by atoms with E-state index >= 15 is 0 Å². The van der Waals surface area contributed by atoms with Crippen molar-refractivity contribution in [1.82, 2.24) is 0 Å². The molecule has 0 aliphatic rings. The minimum absolute atomic E-state index is 0.0537. The molecule has 3 N–H and O–H groups in total. The van der Waals surface area contributed by atoms with E-state index < -0.39 is 32.5 Å². The zero-order valence-electron chi connectivity index (χ0n) is 21.3. The normalized spacial score (nSPS) is 13.9. The molecule has 0 saturated carbocycles. The smallest absolute Gasteiger partial charge is 0.462 e. The molecule has 0 amide bonds. The summed E-state index contributed by atoms with van der Waals surface area (Å²) in [5, 5.41) is 0. The predicted octanol–water partition coefficient (Wildman–Crippen LogP) is 5.43. The summed E-state index contributed by atoms with van der Waals surface area (Å²) in [5.41, 5.74) is 5.21. The van der Waals surface area contributed by atoms with Gasteiger partial charge in [0.15, 0.2) is 6.10 Å². The van der Waals surface area contributed by atoms with Gasteiger partial charge in [0.25, 0.3) is 0 Å². The van der Waals surface area contributed by atoms with Crippen LogP contribution in [0.15, 0.2) is 0 Å². The van der Waals surface area contributed by atoms with Gasteiger partial charge in [0.1, 0.15) is 6.61 Å². The lowest BCUT2D eigenvalue weighted by Crippen LogP contribution is -2.28. The molecule has 0 bridgehead atoms. The lowest BCUT2D eigenvalue weighted by Gasteiger charge is -2.19. The third-order valence-corrected chi connectivity index (χ3v) is 6.28. The molecule has 34 heavy (non-hydrogen) atoms. The van der Waals surface area contributed by atoms with Gasteiger partial charge in [0, 0.05) is 19.9 Å². The first-order chi connectivity index (χ1) is 16.3. The number of phosphoric acid groups is 1. The molecule has 0 fully saturated rings. The van der Waals surface area contributed by atoms with E-state index in [1.807, 2.05) is 0 Å². The maximum atomic E-state index is 11.9. The third-order valence-electron chi connectivity index (χ3n) is 5.29. The van der Waals surface area contributed by atoms with E-state index in [2.05, 4.69) is 11.4 Å². The van der Waals surface area contributed by atoms with Gasteiger partial charge in [-0.25, -0.2) is 4.57 Å². The van der Waals surface area contributed by atoms with E-state index in [1.165, 1.54) is 77.6 Å². The van der Waals surface area contributed by atoms with Crippen molar-refractivity contribution in [3.8, 4) is 0 Å². The predicted molar refractivity (Wildman–Crippen MR) is 132 cm³/mol. The van der Waals surface area contributed by atoms with Crippen LogP contribution in [0, 0.1) is 0 Å². The monoisotopic (exact) mass is 509 g/mol. The molecule has 9 nitrogen and oxygen atoms in total. The van der Waals surface area contributed by atoms with Crippen LogP contribution in [0.3, 0.4) is 0 Å². The Morgan fingerprint density at radius 1 is 0.824 bits per heavy atom. The first-order valence-corrected chi connectivity index (χ1v) is 14.4. The molecule has 0 spiro atoms. The van der Waals surface area contributed by atoms with Crippen molar-refractivity contribution in [2.45, 2.75) is 116 Å². The molecule has 0 radical (unpaired) electrons. The third kappa shape index (κ3) is 22.8. The van der Waals surface area contributed by atoms with Crippen LogP contribution in [-0.2, 0) is 32.7 Å². The number of carbonyl (C=O) groups is 2. The van der Waals surface area contributed by atoms with Crippen molar-refractivity contribution in [3.05, 3.63) is 0 Å². The van der Waals surface area contributed by atoms with Gasteiger partial charge in [0.2, 0.25) is 0 Å². The van der Waals surface area contributed by atoms with Crippen molar-refractivity contribution < 1.29 is 37.6 Å². The molecule has 0 rings (SSSR count). The second-order valence-corrected chi connectivity index (χ2v) is 10.1. The summed E-state index contributed by atoms with van der Waals surface area (Å²) in [6.07, 6.45) is 16.6. The highest BCUT2D eigenvalue weighted by molar-refractivity contribution is 7.47. The second kappa shape index (κ2) is 22.5. The second-order valence-electron chi connectivity index (χ2n) is 8.65. The largest absolute Gasteiger partial charge is 0.472 e. The van der Waals surface area contributed by atoms with Crippen molar-refractivity contribution >= 4 is 19.8 Å². The Balaban J connectivity index is 3.78. The zero-order chi connectivity index (χ0) is 25.5. The van der Waals surface area contributed by atoms with Gasteiger partial charge < -0.3 is 20.1 Å². The summed E-state index contributed by atoms with van der Waals surface area (Å²) in [5.74, 6) is -1.02. The number of nitrogens with two attached hydrogens (primary N) is 1. The fourth-order valence-electron chi connectivity index (χ4n) is 3.46. The van der Waals surface area contributed by atoms with E-state index in [0.717, 1.165) is 19.3 Å². The molecule has 0 aliphatic carbocycles. The van der Waals surface area contributed by atoms with Gasteiger partial charge in [-0.15, -0.1) is 0 Å². The molecule has 0 aromatic heterocycles. The van der Waals surface area contributed by atoms with Crippen molar-refractivity contribution in [3.63, 3.8) is 0 Å². The van der Waals surface area contributed by atoms with Crippen LogP contribution in [0.5, 0.6) is 0 Å². The molecule has 0 aliphatic heterocycles. The zero-order valence-corrected chi connectivity index (χ0v) is 22.2. The van der Waals surface area contributed by atoms with Gasteiger partial charge in [0.05, 0.1) is 13.2 Å². The first kappa shape index (κ1) is 33.0. The summed E-state index contributed by atoms with van der Waals surface area (Å²) in [6, 6.07) is 0. The Morgan fingerprint density at radius 3 is 1.79 bits per heavy atom. The molecule has 0 heterocycles. The highest BCUT2D eigenvalue weighted by Crippen LogP contribution is 2.43. The van der Waals surface area contributed by atoms with Crippen LogP contribution < -0.4 is 5.73 Å². The Bertz CT molecular complexity index is 561. The van der Waals surface area contributed by atoms with E-state index in [1.54, 1.807) is 0 Å². The van der Waals surface area contributed by atoms with Gasteiger partial charge in [-0.1, -0.05) is 90.4 Å². The summed E-state index contributed by atoms with van der Waals surface area (Å²) in [4.78, 5) is 32.7. The molecule has 202 valence electrons. The number of rotatable bonds is 24. The number of phosphoric ester groups is 1. The molecular weight excluding hydrogens is 461 g/mol. The van der Waals surface area contributed by atoms with Crippen LogP contribution in [0.25, 0.3) is 0 Å². The molecule has 2 unspecified atom stereocenters. The minimum Gasteiger partial charge on any atom is -0.462 e. The van der Waals surface area contributed by atoms with E-state index in [9.17, 15) is 19.0 Å². The highest BCUT2D eigenvalue weighted by atomic mass is 31.2. The van der Waals surface area contributed by atoms with Crippen molar-refractivity contribution in [2.24, 2.45) is 5.73 Å². The van der Waals surface area contributed by atoms with Crippen molar-refractivity contribution in [1.29, 1.82) is 0 Å². The molecule has 0 saturated heterocycles. The molecule has 0 aromatic rings. The number of hydrogen-bond acceptors (Lipinski definition) is 8. The minimum atomic E-state index is -4.31. The van der Waals surface area contributed by atoms with Crippen LogP contribution in [-0.4, -0.2) is 49.3 Å². The number of ether oxygens (including phenoxy) is 2. The summed E-state index contributed by atoms with van der Waals surface area (Å²) in [7, 11) is -4.31. The average molecular weight is 510 g/mol. The number of unbranched alkanes of at least 4 members (excludes halogenated alkanes) is 13. The van der Waals surface area contributed by atoms with Gasteiger partial charge in [-0.3, -0.25) is 18.6 Å². The fraction of sp³-hybridized carbons (Fsp3) is 0.917. The van der Waals surface area contributed by atoms with E-state index in [0.29, 0.717) is 0 Å². The number of hydrogen-bond donors (Lipinski definition) is 2. The van der Waals surface area contributed by atoms with E-state index in [4.69, 9.17) is 19.7 Å². The summed E-state index contributed by atoms with van der Waals surface area (Å²) >= 11 is 0. The summed E-state index contributed by atoms with van der Waals surface area (Å²) in [6.45, 7) is 2.64. The quantitative estimate of drug-likeness (QED) is 0.0992. The van der Waals surface area contributed by atoms with Gasteiger partial charge in [-0.05, 0) is 6.42 Å². The Kier molecular flexibility index (Phi) is 21.8. The lowest BCUT2D eigenvalue weighted by atomic mass is 10.0. The van der Waals surface area contributed by atoms with Crippen LogP contribution >= 0.6 is 7.82 Å². The maximum Gasteiger partial charge on any atom is 0.472 e. The topological polar surface area (TPSA) is 134 Å². The van der Waals surface area contributed by atoms with Crippen LogP contribution in [0.2, 0.25) is 0 Å². The van der Waals surface area contributed by atoms with Crippen molar-refractivity contribution in [2.75, 3.05) is 26.4 Å². The van der Waals surface area contributed by atoms with Crippen LogP contribution in [0.1, 0.15) is 110 Å². The Hall–Kier alpha value is -0.990. The first-order valence-electron chi connectivity index (χ1n) is 13.0. The van der Waals surface area contributed by atoms with Gasteiger partial charge in [-0.2, -0.15) is 0 Å². The van der Waals surface area contributed by atoms with Crippen LogP contribution in [0.4, 0.5) is 0 Å². The molecular formula is C24H48NO8P. The number of esters is 2. The lowest BCUT2D eigenvalue weighted by molar-refractivity contribution is -0.159. The Morgan fingerprint density at radius 2 is 1.32 bits per heavy atom. The molecule has 2 atom stereocenters. The SMILES string of the molecule is CCCCCCCCCCCCCCCCC(=O)OCC(COP(=O)(O)OCCN)OC(C)=O. The number of carbonyl (C=O) groups excluding carboxylic acids is 2. The highest BCUT2D eigenvalue weighted by Gasteiger charge is 2.25.